The molecule has 1 rings (SSSR count). The first kappa shape index (κ1) is 15.3. The van der Waals surface area contributed by atoms with Crippen LogP contribution in [-0.2, 0) is 0 Å². The standard InChI is InChI=1S/C11H20ClN5S/c1-13-10-15-9(12)16-11(17-10)14-7-5-3-4-6-8-18-2/h3-8H2,1-2H3,(H2,13,14,15,16,17). The molecule has 1 aromatic heterocycles. The smallest absolute Gasteiger partial charge is 0.228 e. The van der Waals surface area contributed by atoms with Gasteiger partial charge in [-0.1, -0.05) is 12.8 Å². The first-order valence-electron chi connectivity index (χ1n) is 6.08. The highest BCUT2D eigenvalue weighted by Crippen LogP contribution is 2.09. The van der Waals surface area contributed by atoms with Crippen LogP contribution in [0.15, 0.2) is 0 Å². The van der Waals surface area contributed by atoms with E-state index in [0.717, 1.165) is 13.0 Å². The molecule has 0 aliphatic heterocycles. The van der Waals surface area contributed by atoms with Gasteiger partial charge in [-0.25, -0.2) is 0 Å². The molecule has 0 bridgehead atoms. The summed E-state index contributed by atoms with van der Waals surface area (Å²) in [5.74, 6) is 2.27. The van der Waals surface area contributed by atoms with E-state index in [4.69, 9.17) is 11.6 Å². The molecule has 18 heavy (non-hydrogen) atoms. The molecule has 0 aliphatic carbocycles. The van der Waals surface area contributed by atoms with Crippen molar-refractivity contribution in [2.45, 2.75) is 25.7 Å². The van der Waals surface area contributed by atoms with Crippen molar-refractivity contribution in [3.63, 3.8) is 0 Å². The summed E-state index contributed by atoms with van der Waals surface area (Å²) < 4.78 is 0. The Morgan fingerprint density at radius 1 is 1.06 bits per heavy atom. The van der Waals surface area contributed by atoms with Gasteiger partial charge in [-0.2, -0.15) is 26.7 Å². The average Bonchev–Trinajstić information content (AvgIpc) is 2.37. The fourth-order valence-corrected chi connectivity index (χ4v) is 2.12. The van der Waals surface area contributed by atoms with Gasteiger partial charge in [0.1, 0.15) is 0 Å². The summed E-state index contributed by atoms with van der Waals surface area (Å²) in [5.41, 5.74) is 0. The molecule has 0 amide bonds. The van der Waals surface area contributed by atoms with Crippen LogP contribution in [0.4, 0.5) is 11.9 Å². The van der Waals surface area contributed by atoms with Crippen molar-refractivity contribution < 1.29 is 0 Å². The minimum Gasteiger partial charge on any atom is -0.357 e. The van der Waals surface area contributed by atoms with Gasteiger partial charge in [0.05, 0.1) is 0 Å². The zero-order valence-electron chi connectivity index (χ0n) is 10.9. The molecule has 0 spiro atoms. The van der Waals surface area contributed by atoms with Gasteiger partial charge < -0.3 is 10.6 Å². The van der Waals surface area contributed by atoms with Gasteiger partial charge in [0.15, 0.2) is 0 Å². The maximum absolute atomic E-state index is 5.78. The van der Waals surface area contributed by atoms with E-state index in [9.17, 15) is 0 Å². The topological polar surface area (TPSA) is 62.7 Å². The minimum atomic E-state index is 0.205. The van der Waals surface area contributed by atoms with E-state index >= 15 is 0 Å². The Kier molecular flexibility index (Phi) is 7.84. The Hall–Kier alpha value is -0.750. The largest absolute Gasteiger partial charge is 0.357 e. The molecular weight excluding hydrogens is 270 g/mol. The van der Waals surface area contributed by atoms with Gasteiger partial charge in [-0.15, -0.1) is 0 Å². The number of nitrogens with one attached hydrogen (secondary N) is 2. The zero-order valence-corrected chi connectivity index (χ0v) is 12.4. The number of nitrogens with zero attached hydrogens (tertiary/aromatic N) is 3. The summed E-state index contributed by atoms with van der Waals surface area (Å²) >= 11 is 7.69. The number of rotatable bonds is 9. The first-order chi connectivity index (χ1) is 8.76. The van der Waals surface area contributed by atoms with Crippen molar-refractivity contribution in [1.29, 1.82) is 0 Å². The molecule has 0 aromatic carbocycles. The highest BCUT2D eigenvalue weighted by molar-refractivity contribution is 7.98. The van der Waals surface area contributed by atoms with Gasteiger partial charge in [-0.3, -0.25) is 0 Å². The second kappa shape index (κ2) is 9.22. The van der Waals surface area contributed by atoms with Crippen molar-refractivity contribution in [3.8, 4) is 0 Å². The maximum Gasteiger partial charge on any atom is 0.228 e. The normalized spacial score (nSPS) is 10.4. The van der Waals surface area contributed by atoms with Crippen LogP contribution >= 0.6 is 23.4 Å². The SMILES string of the molecule is CNc1nc(Cl)nc(NCCCCCCSC)n1. The number of thioether (sulfide) groups is 1. The summed E-state index contributed by atoms with van der Waals surface area (Å²) in [6.07, 6.45) is 7.06. The zero-order chi connectivity index (χ0) is 13.2. The Bertz CT molecular complexity index is 350. The van der Waals surface area contributed by atoms with Gasteiger partial charge in [0, 0.05) is 13.6 Å². The van der Waals surface area contributed by atoms with E-state index in [1.165, 1.54) is 25.0 Å². The molecular formula is C11H20ClN5S. The molecule has 0 aliphatic rings. The average molecular weight is 290 g/mol. The highest BCUT2D eigenvalue weighted by Gasteiger charge is 2.02. The Balaban J connectivity index is 2.20. The van der Waals surface area contributed by atoms with E-state index in [0.29, 0.717) is 11.9 Å². The van der Waals surface area contributed by atoms with Crippen LogP contribution in [0, 0.1) is 0 Å². The fraction of sp³-hybridized carbons (Fsp3) is 0.727. The number of unbranched alkanes of at least 4 members (excludes halogenated alkanes) is 3. The van der Waals surface area contributed by atoms with Crippen LogP contribution in [0.1, 0.15) is 25.7 Å². The third-order valence-corrected chi connectivity index (χ3v) is 3.26. The number of halogens is 1. The van der Waals surface area contributed by atoms with Crippen molar-refractivity contribution in [2.24, 2.45) is 0 Å². The molecule has 1 heterocycles. The van der Waals surface area contributed by atoms with E-state index in [2.05, 4.69) is 31.8 Å². The number of hydrogen-bond donors (Lipinski definition) is 2. The van der Waals surface area contributed by atoms with Crippen LogP contribution in [0.5, 0.6) is 0 Å². The molecule has 102 valence electrons. The third kappa shape index (κ3) is 6.26. The molecule has 0 radical (unpaired) electrons. The van der Waals surface area contributed by atoms with Crippen molar-refractivity contribution >= 4 is 35.3 Å². The first-order valence-corrected chi connectivity index (χ1v) is 7.85. The van der Waals surface area contributed by atoms with Gasteiger partial charge in [-0.05, 0) is 36.5 Å². The maximum atomic E-state index is 5.78. The summed E-state index contributed by atoms with van der Waals surface area (Å²) in [6, 6.07) is 0. The number of hydrogen-bond acceptors (Lipinski definition) is 6. The lowest BCUT2D eigenvalue weighted by molar-refractivity contribution is 0.687. The molecule has 0 fully saturated rings. The summed E-state index contributed by atoms with van der Waals surface area (Å²) in [5, 5.41) is 6.21. The van der Waals surface area contributed by atoms with Crippen LogP contribution in [0.3, 0.4) is 0 Å². The van der Waals surface area contributed by atoms with E-state index in [1.54, 1.807) is 7.05 Å². The Labute approximate surface area is 118 Å². The highest BCUT2D eigenvalue weighted by atomic mass is 35.5. The van der Waals surface area contributed by atoms with Crippen LogP contribution < -0.4 is 10.6 Å². The second-order valence-corrected chi connectivity index (χ2v) is 5.16. The van der Waals surface area contributed by atoms with Gasteiger partial charge in [0.25, 0.3) is 0 Å². The lowest BCUT2D eigenvalue weighted by Gasteiger charge is -2.06. The van der Waals surface area contributed by atoms with Crippen molar-refractivity contribution in [1.82, 2.24) is 15.0 Å². The quantitative estimate of drug-likeness (QED) is 0.682. The lowest BCUT2D eigenvalue weighted by atomic mass is 10.2. The molecule has 5 nitrogen and oxygen atoms in total. The van der Waals surface area contributed by atoms with Crippen LogP contribution in [0.2, 0.25) is 5.28 Å². The van der Waals surface area contributed by atoms with Crippen LogP contribution in [-0.4, -0.2) is 40.6 Å². The van der Waals surface area contributed by atoms with Crippen LogP contribution in [0.25, 0.3) is 0 Å². The molecule has 2 N–H and O–H groups in total. The Morgan fingerprint density at radius 3 is 2.50 bits per heavy atom. The third-order valence-electron chi connectivity index (χ3n) is 2.39. The number of anilines is 2. The summed E-state index contributed by atoms with van der Waals surface area (Å²) in [7, 11) is 1.75. The lowest BCUT2D eigenvalue weighted by Crippen LogP contribution is -2.08. The second-order valence-electron chi connectivity index (χ2n) is 3.84. The Morgan fingerprint density at radius 2 is 1.78 bits per heavy atom. The predicted octanol–water partition coefficient (Wildman–Crippen LogP) is 2.90. The van der Waals surface area contributed by atoms with Crippen molar-refractivity contribution in [3.05, 3.63) is 5.28 Å². The van der Waals surface area contributed by atoms with E-state index in [-0.39, 0.29) is 5.28 Å². The summed E-state index contributed by atoms with van der Waals surface area (Å²) in [4.78, 5) is 12.1. The van der Waals surface area contributed by atoms with Gasteiger partial charge >= 0.3 is 0 Å². The van der Waals surface area contributed by atoms with E-state index in [1.807, 2.05) is 11.8 Å². The predicted molar refractivity (Wildman–Crippen MR) is 79.7 cm³/mol. The molecule has 1 aromatic rings. The molecule has 0 saturated carbocycles. The fourth-order valence-electron chi connectivity index (χ4n) is 1.47. The summed E-state index contributed by atoms with van der Waals surface area (Å²) in [6.45, 7) is 0.864. The molecule has 0 unspecified atom stereocenters. The van der Waals surface area contributed by atoms with Gasteiger partial charge in [0.2, 0.25) is 17.2 Å². The minimum absolute atomic E-state index is 0.205. The number of aromatic nitrogens is 3. The molecule has 7 heteroatoms. The van der Waals surface area contributed by atoms with Crippen molar-refractivity contribution in [2.75, 3.05) is 36.2 Å². The van der Waals surface area contributed by atoms with E-state index < -0.39 is 0 Å². The molecule has 0 saturated heterocycles. The monoisotopic (exact) mass is 289 g/mol. The molecule has 0 atom stereocenters.